The molecule has 3 rings (SSSR count). The normalized spacial score (nSPS) is 12.1. The number of carbonyl (C=O) groups excluding carboxylic acids is 2. The average molecular weight is 655 g/mol. The second-order valence-electron chi connectivity index (χ2n) is 9.04. The van der Waals surface area contributed by atoms with Crippen LogP contribution < -0.4 is 9.62 Å². The van der Waals surface area contributed by atoms with Crippen LogP contribution in [0.1, 0.15) is 31.4 Å². The summed E-state index contributed by atoms with van der Waals surface area (Å²) in [5, 5.41) is 3.21. The third-order valence-electron chi connectivity index (χ3n) is 6.06. The molecular weight excluding hydrogens is 625 g/mol. The standard InChI is InChI=1S/C28H30BrCl2N3O4S/c1-4-15-32-28(36)20(3)33(17-21-7-9-22(29)10-8-21)27(35)18-34(23-11-14-25(30)26(31)16-23)39(37,38)24-12-5-19(2)6-13-24/h5-14,16,20H,4,15,17-18H2,1-3H3,(H,32,36). The van der Waals surface area contributed by atoms with Crippen molar-refractivity contribution < 1.29 is 18.0 Å². The molecular formula is C28H30BrCl2N3O4S. The highest BCUT2D eigenvalue weighted by Crippen LogP contribution is 2.31. The molecule has 0 aliphatic carbocycles. The van der Waals surface area contributed by atoms with Crippen molar-refractivity contribution in [1.82, 2.24) is 10.2 Å². The first kappa shape index (κ1) is 30.9. The van der Waals surface area contributed by atoms with Gasteiger partial charge in [-0.05, 0) is 68.3 Å². The summed E-state index contributed by atoms with van der Waals surface area (Å²) in [5.41, 5.74) is 1.84. The fourth-order valence-corrected chi connectivity index (χ4v) is 5.73. The van der Waals surface area contributed by atoms with Crippen LogP contribution in [0.3, 0.4) is 0 Å². The Labute approximate surface area is 248 Å². The number of sulfonamides is 1. The average Bonchev–Trinajstić information content (AvgIpc) is 2.91. The number of halogens is 3. The third kappa shape index (κ3) is 7.97. The summed E-state index contributed by atoms with van der Waals surface area (Å²) in [6, 6.07) is 17.2. The lowest BCUT2D eigenvalue weighted by molar-refractivity contribution is -0.139. The van der Waals surface area contributed by atoms with E-state index in [0.717, 1.165) is 26.3 Å². The lowest BCUT2D eigenvalue weighted by Gasteiger charge is -2.32. The molecule has 1 unspecified atom stereocenters. The molecule has 11 heteroatoms. The molecule has 7 nitrogen and oxygen atoms in total. The molecule has 208 valence electrons. The Morgan fingerprint density at radius 3 is 2.21 bits per heavy atom. The minimum atomic E-state index is -4.19. The van der Waals surface area contributed by atoms with Crippen LogP contribution in [-0.4, -0.2) is 44.3 Å². The predicted octanol–water partition coefficient (Wildman–Crippen LogP) is 6.20. The number of hydrogen-bond donors (Lipinski definition) is 1. The highest BCUT2D eigenvalue weighted by molar-refractivity contribution is 9.10. The maximum absolute atomic E-state index is 13.9. The van der Waals surface area contributed by atoms with Gasteiger partial charge in [0.15, 0.2) is 0 Å². The number of benzene rings is 3. The number of carbonyl (C=O) groups is 2. The van der Waals surface area contributed by atoms with Crippen molar-refractivity contribution in [3.8, 4) is 0 Å². The molecule has 0 heterocycles. The fraction of sp³-hybridized carbons (Fsp3) is 0.286. The van der Waals surface area contributed by atoms with Gasteiger partial charge in [0.1, 0.15) is 12.6 Å². The van der Waals surface area contributed by atoms with Gasteiger partial charge in [0, 0.05) is 17.6 Å². The first-order valence-electron chi connectivity index (χ1n) is 12.3. The Morgan fingerprint density at radius 1 is 0.974 bits per heavy atom. The quantitative estimate of drug-likeness (QED) is 0.267. The van der Waals surface area contributed by atoms with Gasteiger partial charge in [0.05, 0.1) is 20.6 Å². The van der Waals surface area contributed by atoms with Crippen LogP contribution >= 0.6 is 39.1 Å². The monoisotopic (exact) mass is 653 g/mol. The highest BCUT2D eigenvalue weighted by atomic mass is 79.9. The van der Waals surface area contributed by atoms with Gasteiger partial charge in [-0.25, -0.2) is 8.42 Å². The van der Waals surface area contributed by atoms with Gasteiger partial charge in [-0.2, -0.15) is 0 Å². The summed E-state index contributed by atoms with van der Waals surface area (Å²) in [5.74, 6) is -0.886. The van der Waals surface area contributed by atoms with Crippen LogP contribution in [0.2, 0.25) is 10.0 Å². The fourth-order valence-electron chi connectivity index (χ4n) is 3.77. The molecule has 0 aliphatic heterocycles. The zero-order chi connectivity index (χ0) is 28.7. The first-order chi connectivity index (χ1) is 18.4. The van der Waals surface area contributed by atoms with E-state index in [-0.39, 0.29) is 33.1 Å². The summed E-state index contributed by atoms with van der Waals surface area (Å²) in [7, 11) is -4.19. The van der Waals surface area contributed by atoms with E-state index in [0.29, 0.717) is 6.54 Å². The molecule has 1 atom stereocenters. The van der Waals surface area contributed by atoms with Crippen molar-refractivity contribution in [1.29, 1.82) is 0 Å². The Morgan fingerprint density at radius 2 is 1.62 bits per heavy atom. The van der Waals surface area contributed by atoms with E-state index < -0.39 is 28.5 Å². The molecule has 2 amide bonds. The predicted molar refractivity (Wildman–Crippen MR) is 160 cm³/mol. The maximum Gasteiger partial charge on any atom is 0.264 e. The summed E-state index contributed by atoms with van der Waals surface area (Å²) in [4.78, 5) is 28.2. The molecule has 0 saturated heterocycles. The van der Waals surface area contributed by atoms with Crippen molar-refractivity contribution in [2.24, 2.45) is 0 Å². The second kappa shape index (κ2) is 13.7. The van der Waals surface area contributed by atoms with Crippen LogP contribution in [0.5, 0.6) is 0 Å². The van der Waals surface area contributed by atoms with Crippen molar-refractivity contribution >= 4 is 66.7 Å². The molecule has 0 bridgehead atoms. The van der Waals surface area contributed by atoms with Crippen LogP contribution in [0, 0.1) is 6.92 Å². The molecule has 3 aromatic rings. The minimum Gasteiger partial charge on any atom is -0.354 e. The van der Waals surface area contributed by atoms with Crippen molar-refractivity contribution in [2.45, 2.75) is 44.7 Å². The number of aryl methyl sites for hydroxylation is 1. The topological polar surface area (TPSA) is 86.8 Å². The van der Waals surface area contributed by atoms with Crippen molar-refractivity contribution in [3.63, 3.8) is 0 Å². The number of nitrogens with one attached hydrogen (secondary N) is 1. The van der Waals surface area contributed by atoms with E-state index in [1.807, 2.05) is 38.1 Å². The van der Waals surface area contributed by atoms with Crippen LogP contribution in [0.15, 0.2) is 76.1 Å². The number of rotatable bonds is 11. The van der Waals surface area contributed by atoms with E-state index in [1.54, 1.807) is 19.1 Å². The van der Waals surface area contributed by atoms with Gasteiger partial charge in [0.2, 0.25) is 11.8 Å². The Hall–Kier alpha value is -2.59. The second-order valence-corrected chi connectivity index (χ2v) is 12.6. The molecule has 0 aromatic heterocycles. The van der Waals surface area contributed by atoms with E-state index in [1.165, 1.54) is 35.2 Å². The largest absolute Gasteiger partial charge is 0.354 e. The minimum absolute atomic E-state index is 0.0140. The number of hydrogen-bond acceptors (Lipinski definition) is 4. The van der Waals surface area contributed by atoms with Gasteiger partial charge in [-0.3, -0.25) is 13.9 Å². The zero-order valence-electron chi connectivity index (χ0n) is 21.8. The lowest BCUT2D eigenvalue weighted by atomic mass is 10.1. The maximum atomic E-state index is 13.9. The van der Waals surface area contributed by atoms with E-state index in [2.05, 4.69) is 21.2 Å². The molecule has 39 heavy (non-hydrogen) atoms. The van der Waals surface area contributed by atoms with Crippen LogP contribution in [0.4, 0.5) is 5.69 Å². The van der Waals surface area contributed by atoms with E-state index in [4.69, 9.17) is 23.2 Å². The molecule has 3 aromatic carbocycles. The first-order valence-corrected chi connectivity index (χ1v) is 15.3. The third-order valence-corrected chi connectivity index (χ3v) is 9.12. The van der Waals surface area contributed by atoms with Crippen LogP contribution in [0.25, 0.3) is 0 Å². The molecule has 0 radical (unpaired) electrons. The van der Waals surface area contributed by atoms with Gasteiger partial charge in [-0.15, -0.1) is 0 Å². The smallest absolute Gasteiger partial charge is 0.264 e. The Balaban J connectivity index is 2.04. The summed E-state index contributed by atoms with van der Waals surface area (Å²) >= 11 is 15.7. The molecule has 0 saturated carbocycles. The molecule has 0 aliphatic rings. The number of nitrogens with zero attached hydrogens (tertiary/aromatic N) is 2. The van der Waals surface area contributed by atoms with E-state index >= 15 is 0 Å². The van der Waals surface area contributed by atoms with Gasteiger partial charge in [0.25, 0.3) is 10.0 Å². The Bertz CT molecular complexity index is 1420. The zero-order valence-corrected chi connectivity index (χ0v) is 25.7. The summed E-state index contributed by atoms with van der Waals surface area (Å²) in [6.45, 7) is 5.41. The highest BCUT2D eigenvalue weighted by Gasteiger charge is 2.32. The van der Waals surface area contributed by atoms with Gasteiger partial charge < -0.3 is 10.2 Å². The molecule has 0 spiro atoms. The summed E-state index contributed by atoms with van der Waals surface area (Å²) in [6.07, 6.45) is 0.735. The van der Waals surface area contributed by atoms with E-state index in [9.17, 15) is 18.0 Å². The van der Waals surface area contributed by atoms with Crippen molar-refractivity contribution in [2.75, 3.05) is 17.4 Å². The summed E-state index contributed by atoms with van der Waals surface area (Å²) < 4.78 is 29.5. The SMILES string of the molecule is CCCNC(=O)C(C)N(Cc1ccc(Br)cc1)C(=O)CN(c1ccc(Cl)c(Cl)c1)S(=O)(=O)c1ccc(C)cc1. The van der Waals surface area contributed by atoms with Crippen molar-refractivity contribution in [3.05, 3.63) is 92.4 Å². The lowest BCUT2D eigenvalue weighted by Crippen LogP contribution is -2.51. The molecule has 1 N–H and O–H groups in total. The van der Waals surface area contributed by atoms with Gasteiger partial charge >= 0.3 is 0 Å². The number of amides is 2. The van der Waals surface area contributed by atoms with Crippen LogP contribution in [-0.2, 0) is 26.2 Å². The van der Waals surface area contributed by atoms with Gasteiger partial charge in [-0.1, -0.05) is 75.9 Å². The molecule has 0 fully saturated rings. The number of anilines is 1. The Kier molecular flexibility index (Phi) is 10.8.